The van der Waals surface area contributed by atoms with E-state index in [1.807, 2.05) is 0 Å². The lowest BCUT2D eigenvalue weighted by molar-refractivity contribution is -0.151. The summed E-state index contributed by atoms with van der Waals surface area (Å²) in [4.78, 5) is 39.2. The minimum absolute atomic E-state index is 0.0127. The molecule has 7 heteroatoms. The number of nitrogens with one attached hydrogen (secondary N) is 1. The molecule has 0 bridgehead atoms. The largest absolute Gasteiger partial charge is 0.383 e. The van der Waals surface area contributed by atoms with E-state index >= 15 is 0 Å². The maximum absolute atomic E-state index is 12.5. The van der Waals surface area contributed by atoms with Crippen LogP contribution >= 0.6 is 0 Å². The number of hydrogen-bond donors (Lipinski definition) is 1. The number of hydrogen-bond acceptors (Lipinski definition) is 4. The number of carbonyl (C=O) groups excluding carboxylic acids is 3. The molecular weight excluding hydrogens is 274 g/mol. The molecule has 1 aliphatic rings. The van der Waals surface area contributed by atoms with E-state index in [9.17, 15) is 14.4 Å². The van der Waals surface area contributed by atoms with E-state index in [2.05, 4.69) is 5.32 Å². The molecule has 1 rings (SSSR count). The zero-order chi connectivity index (χ0) is 16.0. The Morgan fingerprint density at radius 1 is 1.10 bits per heavy atom. The van der Waals surface area contributed by atoms with E-state index in [0.717, 1.165) is 0 Å². The molecule has 0 spiro atoms. The van der Waals surface area contributed by atoms with Gasteiger partial charge in [-0.3, -0.25) is 14.4 Å². The van der Waals surface area contributed by atoms with Crippen LogP contribution in [0.5, 0.6) is 0 Å². The third kappa shape index (κ3) is 4.42. The van der Waals surface area contributed by atoms with Gasteiger partial charge in [0.15, 0.2) is 0 Å². The zero-order valence-corrected chi connectivity index (χ0v) is 13.3. The molecule has 0 aliphatic carbocycles. The maximum Gasteiger partial charge on any atom is 0.237 e. The van der Waals surface area contributed by atoms with Crippen LogP contribution in [0.25, 0.3) is 0 Å². The van der Waals surface area contributed by atoms with Crippen molar-refractivity contribution in [3.05, 3.63) is 0 Å². The Balaban J connectivity index is 2.57. The van der Waals surface area contributed by atoms with E-state index in [0.29, 0.717) is 39.3 Å². The van der Waals surface area contributed by atoms with E-state index < -0.39 is 5.41 Å². The molecule has 0 aromatic carbocycles. The summed E-state index contributed by atoms with van der Waals surface area (Å²) in [5.41, 5.74) is -1.12. The molecule has 1 heterocycles. The van der Waals surface area contributed by atoms with Gasteiger partial charge in [-0.05, 0) is 13.8 Å². The first kappa shape index (κ1) is 17.4. The van der Waals surface area contributed by atoms with Gasteiger partial charge in [-0.2, -0.15) is 0 Å². The van der Waals surface area contributed by atoms with Crippen molar-refractivity contribution in [3.63, 3.8) is 0 Å². The quantitative estimate of drug-likeness (QED) is 0.546. The highest BCUT2D eigenvalue weighted by atomic mass is 16.5. The van der Waals surface area contributed by atoms with Gasteiger partial charge in [0.25, 0.3) is 0 Å². The highest BCUT2D eigenvalue weighted by molar-refractivity contribution is 6.04. The molecule has 21 heavy (non-hydrogen) atoms. The van der Waals surface area contributed by atoms with Gasteiger partial charge in [-0.15, -0.1) is 0 Å². The fourth-order valence-electron chi connectivity index (χ4n) is 2.20. The van der Waals surface area contributed by atoms with E-state index in [-0.39, 0.29) is 17.7 Å². The van der Waals surface area contributed by atoms with Crippen molar-refractivity contribution >= 4 is 17.7 Å². The fourth-order valence-corrected chi connectivity index (χ4v) is 2.20. The SMILES string of the molecule is COCCNC(=O)C(C)(C)C(=O)N1CCN(C(C)=O)CC1. The van der Waals surface area contributed by atoms with Gasteiger partial charge >= 0.3 is 0 Å². The van der Waals surface area contributed by atoms with Crippen molar-refractivity contribution in [3.8, 4) is 0 Å². The molecular formula is C14H25N3O4. The Labute approximate surface area is 125 Å². The van der Waals surface area contributed by atoms with Crippen LogP contribution in [-0.4, -0.2) is 74.0 Å². The fraction of sp³-hybridized carbons (Fsp3) is 0.786. The predicted molar refractivity (Wildman–Crippen MR) is 77.5 cm³/mol. The molecule has 0 atom stereocenters. The van der Waals surface area contributed by atoms with Crippen LogP contribution in [0.15, 0.2) is 0 Å². The number of rotatable bonds is 5. The van der Waals surface area contributed by atoms with Crippen molar-refractivity contribution in [2.45, 2.75) is 20.8 Å². The highest BCUT2D eigenvalue weighted by Gasteiger charge is 2.39. The third-order valence-electron chi connectivity index (χ3n) is 3.71. The number of ether oxygens (including phenoxy) is 1. The molecule has 0 aromatic heterocycles. The second-order valence-electron chi connectivity index (χ2n) is 5.67. The van der Waals surface area contributed by atoms with Crippen LogP contribution in [0.3, 0.4) is 0 Å². The normalized spacial score (nSPS) is 15.8. The Bertz CT molecular complexity index is 401. The van der Waals surface area contributed by atoms with Crippen LogP contribution in [0.1, 0.15) is 20.8 Å². The lowest BCUT2D eigenvalue weighted by Crippen LogP contribution is -2.56. The van der Waals surface area contributed by atoms with Crippen molar-refractivity contribution < 1.29 is 19.1 Å². The minimum Gasteiger partial charge on any atom is -0.383 e. The van der Waals surface area contributed by atoms with Gasteiger partial charge in [0, 0.05) is 46.8 Å². The molecule has 0 unspecified atom stereocenters. The predicted octanol–water partition coefficient (Wildman–Crippen LogP) is -0.534. The number of carbonyl (C=O) groups is 3. The van der Waals surface area contributed by atoms with Gasteiger partial charge in [-0.25, -0.2) is 0 Å². The topological polar surface area (TPSA) is 79.0 Å². The van der Waals surface area contributed by atoms with Crippen molar-refractivity contribution in [2.24, 2.45) is 5.41 Å². The molecule has 1 fully saturated rings. The molecule has 3 amide bonds. The summed E-state index contributed by atoms with van der Waals surface area (Å²) in [6.07, 6.45) is 0. The molecule has 7 nitrogen and oxygen atoms in total. The van der Waals surface area contributed by atoms with Crippen LogP contribution in [0.4, 0.5) is 0 Å². The van der Waals surface area contributed by atoms with Crippen LogP contribution in [0, 0.1) is 5.41 Å². The molecule has 0 saturated carbocycles. The molecule has 0 aromatic rings. The average molecular weight is 299 g/mol. The standard InChI is InChI=1S/C14H25N3O4/c1-11(18)16-6-8-17(9-7-16)13(20)14(2,3)12(19)15-5-10-21-4/h5-10H2,1-4H3,(H,15,19). The van der Waals surface area contributed by atoms with Crippen molar-refractivity contribution in [1.82, 2.24) is 15.1 Å². The smallest absolute Gasteiger partial charge is 0.237 e. The molecule has 120 valence electrons. The summed E-state index contributed by atoms with van der Waals surface area (Å²) in [5, 5.41) is 2.69. The Kier molecular flexibility index (Phi) is 6.14. The summed E-state index contributed by atoms with van der Waals surface area (Å²) >= 11 is 0. The second kappa shape index (κ2) is 7.40. The average Bonchev–Trinajstić information content (AvgIpc) is 2.46. The first-order valence-electron chi connectivity index (χ1n) is 7.12. The van der Waals surface area contributed by atoms with Crippen LogP contribution in [-0.2, 0) is 19.1 Å². The van der Waals surface area contributed by atoms with Crippen molar-refractivity contribution in [1.29, 1.82) is 0 Å². The molecule has 0 radical (unpaired) electrons. The number of nitrogens with zero attached hydrogens (tertiary/aromatic N) is 2. The lowest BCUT2D eigenvalue weighted by Gasteiger charge is -2.37. The van der Waals surface area contributed by atoms with E-state index in [4.69, 9.17) is 4.74 Å². The lowest BCUT2D eigenvalue weighted by atomic mass is 9.90. The first-order chi connectivity index (χ1) is 9.80. The maximum atomic E-state index is 12.5. The van der Waals surface area contributed by atoms with Gasteiger partial charge in [0.1, 0.15) is 5.41 Å². The summed E-state index contributed by atoms with van der Waals surface area (Å²) < 4.78 is 4.87. The van der Waals surface area contributed by atoms with Gasteiger partial charge < -0.3 is 19.9 Å². The minimum atomic E-state index is -1.12. The van der Waals surface area contributed by atoms with Crippen LogP contribution < -0.4 is 5.32 Å². The Morgan fingerprint density at radius 2 is 1.62 bits per heavy atom. The summed E-state index contributed by atoms with van der Waals surface area (Å²) in [6.45, 7) is 7.51. The van der Waals surface area contributed by atoms with E-state index in [1.165, 1.54) is 6.92 Å². The number of methoxy groups -OCH3 is 1. The van der Waals surface area contributed by atoms with E-state index in [1.54, 1.807) is 30.8 Å². The Hall–Kier alpha value is -1.63. The molecule has 1 N–H and O–H groups in total. The zero-order valence-electron chi connectivity index (χ0n) is 13.3. The van der Waals surface area contributed by atoms with Gasteiger partial charge in [0.05, 0.1) is 6.61 Å². The van der Waals surface area contributed by atoms with Crippen LogP contribution in [0.2, 0.25) is 0 Å². The van der Waals surface area contributed by atoms with Crippen molar-refractivity contribution in [2.75, 3.05) is 46.4 Å². The monoisotopic (exact) mass is 299 g/mol. The second-order valence-corrected chi connectivity index (χ2v) is 5.67. The van der Waals surface area contributed by atoms with Gasteiger partial charge in [0.2, 0.25) is 17.7 Å². The Morgan fingerprint density at radius 3 is 2.10 bits per heavy atom. The summed E-state index contributed by atoms with van der Waals surface area (Å²) in [5.74, 6) is -0.502. The highest BCUT2D eigenvalue weighted by Crippen LogP contribution is 2.20. The molecule has 1 aliphatic heterocycles. The number of amides is 3. The summed E-state index contributed by atoms with van der Waals surface area (Å²) in [6, 6.07) is 0. The molecule has 1 saturated heterocycles. The van der Waals surface area contributed by atoms with Gasteiger partial charge in [-0.1, -0.05) is 0 Å². The summed E-state index contributed by atoms with van der Waals surface area (Å²) in [7, 11) is 1.55. The first-order valence-corrected chi connectivity index (χ1v) is 7.12. The third-order valence-corrected chi connectivity index (χ3v) is 3.71. The number of piperazine rings is 1.